The fourth-order valence-electron chi connectivity index (χ4n) is 4.84. The number of hydrogen-bond donors (Lipinski definition) is 1. The molecule has 3 heterocycles. The predicted molar refractivity (Wildman–Crippen MR) is 127 cm³/mol. The van der Waals surface area contributed by atoms with E-state index in [-0.39, 0.29) is 5.91 Å². The number of likely N-dealkylation sites (tertiary alicyclic amines) is 1. The third-order valence-corrected chi connectivity index (χ3v) is 6.38. The fraction of sp³-hybridized carbons (Fsp3) is 0.560. The number of likely N-dealkylation sites (N-methyl/N-ethyl adjacent to an activating group) is 1. The number of amides is 1. The van der Waals surface area contributed by atoms with Crippen LogP contribution in [0, 0.1) is 0 Å². The molecule has 33 heavy (non-hydrogen) atoms. The highest BCUT2D eigenvalue weighted by Gasteiger charge is 2.34. The number of benzene rings is 1. The van der Waals surface area contributed by atoms with E-state index in [1.54, 1.807) is 18.6 Å². The first kappa shape index (κ1) is 23.4. The Balaban J connectivity index is 1.21. The highest BCUT2D eigenvalue weighted by atomic mass is 16.5. The first-order valence-corrected chi connectivity index (χ1v) is 11.9. The molecule has 2 aliphatic heterocycles. The molecule has 0 radical (unpaired) electrons. The van der Waals surface area contributed by atoms with Gasteiger partial charge in [0.05, 0.1) is 18.4 Å². The molecular weight excluding hydrogens is 418 g/mol. The van der Waals surface area contributed by atoms with Crippen LogP contribution in [0.2, 0.25) is 0 Å². The van der Waals surface area contributed by atoms with Crippen LogP contribution in [0.1, 0.15) is 37.7 Å². The molecule has 1 N–H and O–H groups in total. The summed E-state index contributed by atoms with van der Waals surface area (Å²) in [5.74, 6) is 1.93. The number of aliphatic hydroxyl groups is 1. The second-order valence-electron chi connectivity index (χ2n) is 9.32. The van der Waals surface area contributed by atoms with Crippen molar-refractivity contribution in [2.24, 2.45) is 0 Å². The zero-order valence-electron chi connectivity index (χ0n) is 19.5. The fourth-order valence-corrected chi connectivity index (χ4v) is 4.84. The topological polar surface area (TPSA) is 82.0 Å². The van der Waals surface area contributed by atoms with Crippen molar-refractivity contribution in [2.75, 3.05) is 51.3 Å². The van der Waals surface area contributed by atoms with Gasteiger partial charge in [-0.2, -0.15) is 0 Å². The molecule has 8 heteroatoms. The molecule has 0 saturated carbocycles. The summed E-state index contributed by atoms with van der Waals surface area (Å²) in [5.41, 5.74) is 0.405. The van der Waals surface area contributed by atoms with Gasteiger partial charge in [0, 0.05) is 58.1 Å². The predicted octanol–water partition coefficient (Wildman–Crippen LogP) is 2.33. The normalized spacial score (nSPS) is 21.1. The average molecular weight is 454 g/mol. The SMILES string of the molecule is CN(Cc1ccc(OCCCN2CCCC2=O)cc1)C[C@@]1(O)CCCN(c2cnccn2)C1. The summed E-state index contributed by atoms with van der Waals surface area (Å²) >= 11 is 0. The molecule has 1 aromatic carbocycles. The molecule has 1 aromatic heterocycles. The van der Waals surface area contributed by atoms with E-state index < -0.39 is 5.60 Å². The van der Waals surface area contributed by atoms with Crippen LogP contribution in [0.4, 0.5) is 5.82 Å². The highest BCUT2D eigenvalue weighted by molar-refractivity contribution is 5.77. The Morgan fingerprint density at radius 1 is 1.18 bits per heavy atom. The average Bonchev–Trinajstić information content (AvgIpc) is 3.22. The number of carbonyl (C=O) groups excluding carboxylic acids is 1. The lowest BCUT2D eigenvalue weighted by molar-refractivity contribution is -0.127. The molecule has 8 nitrogen and oxygen atoms in total. The summed E-state index contributed by atoms with van der Waals surface area (Å²) in [6.45, 7) is 5.07. The Hall–Kier alpha value is -2.71. The Morgan fingerprint density at radius 2 is 2.03 bits per heavy atom. The van der Waals surface area contributed by atoms with Gasteiger partial charge in [-0.3, -0.25) is 14.7 Å². The number of anilines is 1. The van der Waals surface area contributed by atoms with E-state index in [1.165, 1.54) is 5.56 Å². The van der Waals surface area contributed by atoms with Crippen molar-refractivity contribution >= 4 is 11.7 Å². The third-order valence-electron chi connectivity index (χ3n) is 6.38. The Kier molecular flexibility index (Phi) is 7.77. The number of piperidine rings is 1. The first-order chi connectivity index (χ1) is 16.0. The molecule has 0 bridgehead atoms. The summed E-state index contributed by atoms with van der Waals surface area (Å²) in [7, 11) is 2.04. The van der Waals surface area contributed by atoms with E-state index in [9.17, 15) is 9.90 Å². The maximum Gasteiger partial charge on any atom is 0.222 e. The van der Waals surface area contributed by atoms with Gasteiger partial charge in [0.25, 0.3) is 0 Å². The number of β-amino-alcohol motifs (C(OH)–C–C–N with tert-alkyl or cyclic N) is 1. The first-order valence-electron chi connectivity index (χ1n) is 11.9. The van der Waals surface area contributed by atoms with Crippen LogP contribution in [0.25, 0.3) is 0 Å². The van der Waals surface area contributed by atoms with Crippen LogP contribution in [0.15, 0.2) is 42.9 Å². The number of carbonyl (C=O) groups is 1. The van der Waals surface area contributed by atoms with Gasteiger partial charge in [0.1, 0.15) is 11.6 Å². The molecule has 1 atom stereocenters. The largest absolute Gasteiger partial charge is 0.494 e. The van der Waals surface area contributed by atoms with Crippen LogP contribution < -0.4 is 9.64 Å². The van der Waals surface area contributed by atoms with Gasteiger partial charge in [-0.05, 0) is 50.4 Å². The minimum Gasteiger partial charge on any atom is -0.494 e. The van der Waals surface area contributed by atoms with E-state index in [2.05, 4.69) is 31.9 Å². The van der Waals surface area contributed by atoms with Crippen molar-refractivity contribution in [2.45, 2.75) is 44.2 Å². The van der Waals surface area contributed by atoms with Gasteiger partial charge in [0.2, 0.25) is 5.91 Å². The zero-order valence-corrected chi connectivity index (χ0v) is 19.5. The molecule has 178 valence electrons. The number of hydrogen-bond acceptors (Lipinski definition) is 7. The van der Waals surface area contributed by atoms with Crippen molar-refractivity contribution in [3.05, 3.63) is 48.4 Å². The van der Waals surface area contributed by atoms with E-state index in [4.69, 9.17) is 4.74 Å². The van der Waals surface area contributed by atoms with Gasteiger partial charge in [-0.15, -0.1) is 0 Å². The third kappa shape index (κ3) is 6.65. The lowest BCUT2D eigenvalue weighted by Crippen LogP contribution is -2.54. The monoisotopic (exact) mass is 453 g/mol. The maximum atomic E-state index is 11.6. The molecular formula is C25H35N5O3. The van der Waals surface area contributed by atoms with Gasteiger partial charge >= 0.3 is 0 Å². The summed E-state index contributed by atoms with van der Waals surface area (Å²) in [6.07, 6.45) is 9.34. The summed E-state index contributed by atoms with van der Waals surface area (Å²) in [4.78, 5) is 26.4. The lowest BCUT2D eigenvalue weighted by Gasteiger charge is -2.41. The van der Waals surface area contributed by atoms with Gasteiger partial charge in [0.15, 0.2) is 0 Å². The van der Waals surface area contributed by atoms with E-state index in [0.717, 1.165) is 63.4 Å². The Labute approximate surface area is 196 Å². The zero-order chi connectivity index (χ0) is 23.1. The lowest BCUT2D eigenvalue weighted by atomic mass is 9.92. The van der Waals surface area contributed by atoms with Crippen LogP contribution >= 0.6 is 0 Å². The number of aromatic nitrogens is 2. The number of nitrogens with zero attached hydrogens (tertiary/aromatic N) is 5. The van der Waals surface area contributed by atoms with Crippen molar-refractivity contribution in [1.82, 2.24) is 19.8 Å². The summed E-state index contributed by atoms with van der Waals surface area (Å²) in [5, 5.41) is 11.2. The Bertz CT molecular complexity index is 895. The number of rotatable bonds is 10. The van der Waals surface area contributed by atoms with Crippen molar-refractivity contribution in [3.63, 3.8) is 0 Å². The number of ether oxygens (including phenoxy) is 1. The van der Waals surface area contributed by atoms with E-state index in [1.807, 2.05) is 24.1 Å². The molecule has 2 saturated heterocycles. The second-order valence-corrected chi connectivity index (χ2v) is 9.32. The minimum absolute atomic E-state index is 0.266. The standard InChI is InChI=1S/C25H35N5O3/c1-28(19-25(32)10-3-14-30(20-25)23-17-26-11-12-27-23)18-21-6-8-22(9-7-21)33-16-4-15-29-13-2-5-24(29)31/h6-9,11-12,17,32H,2-5,10,13-16,18-20H2,1H3/t25-/m0/s1. The maximum absolute atomic E-state index is 11.6. The van der Waals surface area contributed by atoms with Crippen molar-refractivity contribution in [1.29, 1.82) is 0 Å². The minimum atomic E-state index is -0.774. The smallest absolute Gasteiger partial charge is 0.222 e. The molecule has 4 rings (SSSR count). The quantitative estimate of drug-likeness (QED) is 0.553. The van der Waals surface area contributed by atoms with E-state index >= 15 is 0 Å². The summed E-state index contributed by atoms with van der Waals surface area (Å²) in [6, 6.07) is 8.14. The summed E-state index contributed by atoms with van der Waals surface area (Å²) < 4.78 is 5.84. The molecule has 2 fully saturated rings. The molecule has 0 unspecified atom stereocenters. The molecule has 0 spiro atoms. The van der Waals surface area contributed by atoms with Crippen LogP contribution in [0.3, 0.4) is 0 Å². The van der Waals surface area contributed by atoms with Crippen LogP contribution in [-0.4, -0.2) is 82.8 Å². The molecule has 0 aliphatic carbocycles. The van der Waals surface area contributed by atoms with Gasteiger partial charge in [-0.25, -0.2) is 4.98 Å². The van der Waals surface area contributed by atoms with Gasteiger partial charge < -0.3 is 19.6 Å². The molecule has 2 aromatic rings. The van der Waals surface area contributed by atoms with Gasteiger partial charge in [-0.1, -0.05) is 12.1 Å². The van der Waals surface area contributed by atoms with E-state index in [0.29, 0.717) is 26.1 Å². The highest BCUT2D eigenvalue weighted by Crippen LogP contribution is 2.26. The van der Waals surface area contributed by atoms with Crippen LogP contribution in [-0.2, 0) is 11.3 Å². The second kappa shape index (κ2) is 10.9. The van der Waals surface area contributed by atoms with Crippen molar-refractivity contribution in [3.8, 4) is 5.75 Å². The molecule has 1 amide bonds. The van der Waals surface area contributed by atoms with Crippen molar-refractivity contribution < 1.29 is 14.6 Å². The van der Waals surface area contributed by atoms with Crippen LogP contribution in [0.5, 0.6) is 5.75 Å². The Morgan fingerprint density at radius 3 is 2.76 bits per heavy atom. The molecule has 2 aliphatic rings.